The van der Waals surface area contributed by atoms with Crippen molar-refractivity contribution in [1.29, 1.82) is 0 Å². The van der Waals surface area contributed by atoms with Crippen molar-refractivity contribution in [3.8, 4) is 0 Å². The van der Waals surface area contributed by atoms with Crippen LogP contribution in [0.2, 0.25) is 0 Å². The van der Waals surface area contributed by atoms with Gasteiger partial charge in [-0.3, -0.25) is 4.79 Å². The molecule has 0 saturated heterocycles. The largest absolute Gasteiger partial charge is 0.464 e. The van der Waals surface area contributed by atoms with Gasteiger partial charge in [0.25, 0.3) is 0 Å². The fourth-order valence-electron chi connectivity index (χ4n) is 1.72. The van der Waals surface area contributed by atoms with E-state index in [0.717, 1.165) is 11.3 Å². The summed E-state index contributed by atoms with van der Waals surface area (Å²) in [7, 11) is 0. The van der Waals surface area contributed by atoms with Crippen LogP contribution in [0.15, 0.2) is 36.4 Å². The van der Waals surface area contributed by atoms with Crippen LogP contribution < -0.4 is 5.32 Å². The van der Waals surface area contributed by atoms with Gasteiger partial charge in [-0.2, -0.15) is 0 Å². The molecule has 1 N–H and O–H groups in total. The average Bonchev–Trinajstić information content (AvgIpc) is 2.45. The van der Waals surface area contributed by atoms with E-state index >= 15 is 0 Å². The second-order valence-corrected chi connectivity index (χ2v) is 4.50. The number of rotatable bonds is 7. The number of ether oxygens (including phenoxy) is 1. The number of nitrogens with one attached hydrogen (secondary N) is 1. The Labute approximate surface area is 119 Å². The van der Waals surface area contributed by atoms with Crippen LogP contribution in [-0.4, -0.2) is 24.4 Å². The number of benzene rings is 1. The minimum absolute atomic E-state index is 0.150. The lowest BCUT2D eigenvalue weighted by atomic mass is 10.0. The van der Waals surface area contributed by atoms with E-state index in [9.17, 15) is 9.59 Å². The summed E-state index contributed by atoms with van der Waals surface area (Å²) in [5, 5.41) is 3.01. The number of Topliss-reactive ketones (excluding diaryl/α,β-unsaturated/α-hetero) is 1. The SMILES string of the molecule is C=C(C(=O)CC)C(Nc1ccc(C)cc1)C(=O)OCC. The summed E-state index contributed by atoms with van der Waals surface area (Å²) in [6.45, 7) is 9.44. The number of esters is 1. The van der Waals surface area contributed by atoms with E-state index in [1.54, 1.807) is 13.8 Å². The van der Waals surface area contributed by atoms with Gasteiger partial charge in [-0.25, -0.2) is 4.79 Å². The second-order valence-electron chi connectivity index (χ2n) is 4.50. The predicted octanol–water partition coefficient (Wildman–Crippen LogP) is 2.87. The van der Waals surface area contributed by atoms with Gasteiger partial charge in [-0.15, -0.1) is 0 Å². The number of hydrogen-bond donors (Lipinski definition) is 1. The summed E-state index contributed by atoms with van der Waals surface area (Å²) in [6, 6.07) is 6.71. The molecule has 1 aromatic rings. The summed E-state index contributed by atoms with van der Waals surface area (Å²) in [4.78, 5) is 23.7. The van der Waals surface area contributed by atoms with Crippen molar-refractivity contribution >= 4 is 17.4 Å². The number of carbonyl (C=O) groups is 2. The molecule has 0 fully saturated rings. The van der Waals surface area contributed by atoms with Crippen LogP contribution in [-0.2, 0) is 14.3 Å². The molecule has 20 heavy (non-hydrogen) atoms. The molecule has 0 spiro atoms. The molecule has 108 valence electrons. The molecule has 0 aromatic heterocycles. The summed E-state index contributed by atoms with van der Waals surface area (Å²) in [5.74, 6) is -0.637. The minimum atomic E-state index is -0.842. The van der Waals surface area contributed by atoms with Crippen molar-refractivity contribution in [1.82, 2.24) is 0 Å². The first-order valence-corrected chi connectivity index (χ1v) is 6.71. The summed E-state index contributed by atoms with van der Waals surface area (Å²) >= 11 is 0. The Hall–Kier alpha value is -2.10. The van der Waals surface area contributed by atoms with E-state index in [1.807, 2.05) is 31.2 Å². The molecular formula is C16H21NO3. The highest BCUT2D eigenvalue weighted by atomic mass is 16.5. The molecular weight excluding hydrogens is 254 g/mol. The van der Waals surface area contributed by atoms with E-state index in [2.05, 4.69) is 11.9 Å². The van der Waals surface area contributed by atoms with Gasteiger partial charge in [0.05, 0.1) is 6.61 Å². The second kappa shape index (κ2) is 7.48. The third-order valence-electron chi connectivity index (χ3n) is 2.91. The van der Waals surface area contributed by atoms with E-state index in [0.29, 0.717) is 6.42 Å². The quantitative estimate of drug-likeness (QED) is 0.614. The zero-order chi connectivity index (χ0) is 15.1. The van der Waals surface area contributed by atoms with Crippen LogP contribution in [0, 0.1) is 6.92 Å². The normalized spacial score (nSPS) is 11.6. The van der Waals surface area contributed by atoms with Crippen molar-refractivity contribution in [3.05, 3.63) is 42.0 Å². The zero-order valence-electron chi connectivity index (χ0n) is 12.2. The Morgan fingerprint density at radius 1 is 1.25 bits per heavy atom. The monoisotopic (exact) mass is 275 g/mol. The van der Waals surface area contributed by atoms with Crippen molar-refractivity contribution in [3.63, 3.8) is 0 Å². The van der Waals surface area contributed by atoms with Crippen LogP contribution in [0.5, 0.6) is 0 Å². The van der Waals surface area contributed by atoms with Gasteiger partial charge in [-0.1, -0.05) is 31.2 Å². The van der Waals surface area contributed by atoms with Gasteiger partial charge in [0.15, 0.2) is 11.8 Å². The number of hydrogen-bond acceptors (Lipinski definition) is 4. The first-order chi connectivity index (χ1) is 9.49. The number of ketones is 1. The van der Waals surface area contributed by atoms with Gasteiger partial charge in [0.2, 0.25) is 0 Å². The van der Waals surface area contributed by atoms with Crippen LogP contribution in [0.4, 0.5) is 5.69 Å². The van der Waals surface area contributed by atoms with E-state index < -0.39 is 12.0 Å². The van der Waals surface area contributed by atoms with Crippen molar-refractivity contribution in [2.45, 2.75) is 33.2 Å². The predicted molar refractivity (Wildman–Crippen MR) is 79.7 cm³/mol. The molecule has 4 nitrogen and oxygen atoms in total. The number of carbonyl (C=O) groups excluding carboxylic acids is 2. The summed E-state index contributed by atoms with van der Waals surface area (Å²) in [5.41, 5.74) is 2.09. The first kappa shape index (κ1) is 16.0. The molecule has 0 aliphatic heterocycles. The zero-order valence-corrected chi connectivity index (χ0v) is 12.2. The van der Waals surface area contributed by atoms with Crippen molar-refractivity contribution in [2.75, 3.05) is 11.9 Å². The molecule has 0 saturated carbocycles. The lowest BCUT2D eigenvalue weighted by molar-refractivity contribution is -0.143. The maximum Gasteiger partial charge on any atom is 0.333 e. The molecule has 0 amide bonds. The fraction of sp³-hybridized carbons (Fsp3) is 0.375. The van der Waals surface area contributed by atoms with E-state index in [1.165, 1.54) is 0 Å². The van der Waals surface area contributed by atoms with E-state index in [4.69, 9.17) is 4.74 Å². The Kier molecular flexibility index (Phi) is 5.97. The van der Waals surface area contributed by atoms with Gasteiger partial charge in [0.1, 0.15) is 0 Å². The van der Waals surface area contributed by atoms with Crippen LogP contribution >= 0.6 is 0 Å². The lowest BCUT2D eigenvalue weighted by Crippen LogP contribution is -2.35. The highest BCUT2D eigenvalue weighted by molar-refractivity contribution is 6.02. The Balaban J connectivity index is 2.92. The first-order valence-electron chi connectivity index (χ1n) is 6.71. The molecule has 0 aliphatic rings. The maximum absolute atomic E-state index is 12.0. The lowest BCUT2D eigenvalue weighted by Gasteiger charge is -2.19. The Bertz CT molecular complexity index is 491. The molecule has 0 bridgehead atoms. The highest BCUT2D eigenvalue weighted by Crippen LogP contribution is 2.15. The van der Waals surface area contributed by atoms with E-state index in [-0.39, 0.29) is 18.0 Å². The Morgan fingerprint density at radius 2 is 1.85 bits per heavy atom. The summed E-state index contributed by atoms with van der Waals surface area (Å²) in [6.07, 6.45) is 0.310. The van der Waals surface area contributed by atoms with Crippen LogP contribution in [0.3, 0.4) is 0 Å². The summed E-state index contributed by atoms with van der Waals surface area (Å²) < 4.78 is 5.00. The number of aryl methyl sites for hydroxylation is 1. The molecule has 0 aliphatic carbocycles. The third-order valence-corrected chi connectivity index (χ3v) is 2.91. The molecule has 0 heterocycles. The molecule has 1 atom stereocenters. The smallest absolute Gasteiger partial charge is 0.333 e. The van der Waals surface area contributed by atoms with Crippen LogP contribution in [0.25, 0.3) is 0 Å². The maximum atomic E-state index is 12.0. The minimum Gasteiger partial charge on any atom is -0.464 e. The van der Waals surface area contributed by atoms with Gasteiger partial charge in [0, 0.05) is 17.7 Å². The highest BCUT2D eigenvalue weighted by Gasteiger charge is 2.26. The molecule has 1 aromatic carbocycles. The Morgan fingerprint density at radius 3 is 2.35 bits per heavy atom. The third kappa shape index (κ3) is 4.23. The van der Waals surface area contributed by atoms with Crippen molar-refractivity contribution in [2.24, 2.45) is 0 Å². The van der Waals surface area contributed by atoms with Gasteiger partial charge in [-0.05, 0) is 26.0 Å². The molecule has 1 rings (SSSR count). The standard InChI is InChI=1S/C16H21NO3/c1-5-14(18)12(4)15(16(19)20-6-2)17-13-9-7-11(3)8-10-13/h7-10,15,17H,4-6H2,1-3H3. The van der Waals surface area contributed by atoms with Crippen LogP contribution in [0.1, 0.15) is 25.8 Å². The fourth-order valence-corrected chi connectivity index (χ4v) is 1.72. The van der Waals surface area contributed by atoms with Gasteiger partial charge >= 0.3 is 5.97 Å². The number of anilines is 1. The molecule has 1 unspecified atom stereocenters. The van der Waals surface area contributed by atoms with Gasteiger partial charge < -0.3 is 10.1 Å². The molecule has 0 radical (unpaired) electrons. The topological polar surface area (TPSA) is 55.4 Å². The van der Waals surface area contributed by atoms with Crippen molar-refractivity contribution < 1.29 is 14.3 Å². The molecule has 4 heteroatoms. The average molecular weight is 275 g/mol.